The second kappa shape index (κ2) is 8.53. The van der Waals surface area contributed by atoms with E-state index in [2.05, 4.69) is 9.71 Å². The fraction of sp³-hybridized carbons (Fsp3) is 0.500. The lowest BCUT2D eigenvalue weighted by Crippen LogP contribution is -2.28. The van der Waals surface area contributed by atoms with Crippen molar-refractivity contribution in [2.75, 3.05) is 18.1 Å². The third-order valence-electron chi connectivity index (χ3n) is 3.46. The lowest BCUT2D eigenvalue weighted by atomic mass is 10.2. The molecular formula is C16H22ClN3O3S2. The number of rotatable bonds is 8. The Morgan fingerprint density at radius 1 is 1.36 bits per heavy atom. The molecule has 0 aliphatic carbocycles. The third-order valence-corrected chi connectivity index (χ3v) is 6.08. The predicted octanol–water partition coefficient (Wildman–Crippen LogP) is 2.74. The molecule has 0 aliphatic heterocycles. The van der Waals surface area contributed by atoms with Crippen molar-refractivity contribution in [1.82, 2.24) is 14.3 Å². The molecule has 25 heavy (non-hydrogen) atoms. The Balaban J connectivity index is 2.30. The van der Waals surface area contributed by atoms with Crippen molar-refractivity contribution in [1.29, 1.82) is 0 Å². The van der Waals surface area contributed by atoms with E-state index in [-0.39, 0.29) is 23.8 Å². The number of sulfonamides is 1. The molecule has 0 spiro atoms. The van der Waals surface area contributed by atoms with E-state index in [4.69, 9.17) is 11.6 Å². The van der Waals surface area contributed by atoms with Gasteiger partial charge in [0.25, 0.3) is 5.56 Å². The molecule has 0 aliphatic rings. The summed E-state index contributed by atoms with van der Waals surface area (Å²) in [6.45, 7) is 6.47. The topological polar surface area (TPSA) is 81.1 Å². The summed E-state index contributed by atoms with van der Waals surface area (Å²) in [5, 5.41) is 1.57. The van der Waals surface area contributed by atoms with Crippen LogP contribution in [0.25, 0.3) is 10.9 Å². The van der Waals surface area contributed by atoms with Gasteiger partial charge in [0.15, 0.2) is 5.16 Å². The SMILES string of the molecule is CCS(=O)(=O)NCCSc1nc2ccc(Cl)cc2c(=O)n1CC(C)C. The maximum absolute atomic E-state index is 12.8. The summed E-state index contributed by atoms with van der Waals surface area (Å²) in [6, 6.07) is 5.06. The third kappa shape index (κ3) is 5.44. The second-order valence-corrected chi connectivity index (χ2v) is 9.61. The van der Waals surface area contributed by atoms with Crippen LogP contribution in [0.1, 0.15) is 20.8 Å². The van der Waals surface area contributed by atoms with Gasteiger partial charge in [0, 0.05) is 23.9 Å². The van der Waals surface area contributed by atoms with Crippen molar-refractivity contribution >= 4 is 44.3 Å². The number of halogens is 1. The first kappa shape index (κ1) is 20.2. The smallest absolute Gasteiger partial charge is 0.262 e. The number of nitrogens with one attached hydrogen (secondary N) is 1. The Bertz CT molecular complexity index is 911. The maximum Gasteiger partial charge on any atom is 0.262 e. The number of hydrogen-bond acceptors (Lipinski definition) is 5. The molecule has 0 saturated carbocycles. The average Bonchev–Trinajstić information content (AvgIpc) is 2.55. The molecule has 0 radical (unpaired) electrons. The predicted molar refractivity (Wildman–Crippen MR) is 104 cm³/mol. The van der Waals surface area contributed by atoms with Gasteiger partial charge in [-0.1, -0.05) is 37.2 Å². The van der Waals surface area contributed by atoms with Crippen LogP contribution in [0.2, 0.25) is 5.02 Å². The Morgan fingerprint density at radius 3 is 2.72 bits per heavy atom. The number of benzene rings is 1. The normalized spacial score (nSPS) is 12.2. The number of fused-ring (bicyclic) bond motifs is 1. The fourth-order valence-corrected chi connectivity index (χ4v) is 4.03. The minimum Gasteiger partial charge on any atom is -0.287 e. The summed E-state index contributed by atoms with van der Waals surface area (Å²) in [5.41, 5.74) is 0.462. The molecule has 2 aromatic rings. The van der Waals surface area contributed by atoms with Crippen molar-refractivity contribution in [3.63, 3.8) is 0 Å². The highest BCUT2D eigenvalue weighted by Gasteiger charge is 2.14. The molecule has 138 valence electrons. The largest absolute Gasteiger partial charge is 0.287 e. The Labute approximate surface area is 157 Å². The van der Waals surface area contributed by atoms with E-state index in [0.29, 0.717) is 33.4 Å². The molecule has 0 amide bonds. The van der Waals surface area contributed by atoms with Gasteiger partial charge in [-0.15, -0.1) is 0 Å². The van der Waals surface area contributed by atoms with Crippen LogP contribution in [-0.2, 0) is 16.6 Å². The molecule has 1 heterocycles. The summed E-state index contributed by atoms with van der Waals surface area (Å²) >= 11 is 7.37. The van der Waals surface area contributed by atoms with Crippen LogP contribution < -0.4 is 10.3 Å². The van der Waals surface area contributed by atoms with Crippen molar-refractivity contribution in [3.05, 3.63) is 33.6 Å². The van der Waals surface area contributed by atoms with E-state index in [1.54, 1.807) is 29.7 Å². The van der Waals surface area contributed by atoms with Gasteiger partial charge in [-0.2, -0.15) is 0 Å². The van der Waals surface area contributed by atoms with Gasteiger partial charge in [-0.25, -0.2) is 18.1 Å². The molecule has 0 fully saturated rings. The lowest BCUT2D eigenvalue weighted by Gasteiger charge is -2.15. The number of nitrogens with zero attached hydrogens (tertiary/aromatic N) is 2. The van der Waals surface area contributed by atoms with E-state index in [1.165, 1.54) is 11.8 Å². The number of hydrogen-bond donors (Lipinski definition) is 1. The molecule has 0 bridgehead atoms. The molecule has 9 heteroatoms. The maximum atomic E-state index is 12.8. The van der Waals surface area contributed by atoms with Crippen molar-refractivity contribution in [2.24, 2.45) is 5.92 Å². The van der Waals surface area contributed by atoms with Crippen LogP contribution >= 0.6 is 23.4 Å². The Hall–Kier alpha value is -1.09. The first-order valence-corrected chi connectivity index (χ1v) is 11.1. The minimum absolute atomic E-state index is 0.0463. The number of thioether (sulfide) groups is 1. The zero-order valence-electron chi connectivity index (χ0n) is 14.5. The van der Waals surface area contributed by atoms with Gasteiger partial charge >= 0.3 is 0 Å². The fourth-order valence-electron chi connectivity index (χ4n) is 2.25. The molecule has 1 N–H and O–H groups in total. The van der Waals surface area contributed by atoms with Crippen LogP contribution in [0.15, 0.2) is 28.2 Å². The molecule has 2 rings (SSSR count). The zero-order valence-corrected chi connectivity index (χ0v) is 16.8. The van der Waals surface area contributed by atoms with Crippen LogP contribution in [0, 0.1) is 5.92 Å². The van der Waals surface area contributed by atoms with Crippen molar-refractivity contribution in [2.45, 2.75) is 32.5 Å². The molecule has 0 unspecified atom stereocenters. The first-order valence-electron chi connectivity index (χ1n) is 8.03. The quantitative estimate of drug-likeness (QED) is 0.416. The monoisotopic (exact) mass is 403 g/mol. The van der Waals surface area contributed by atoms with E-state index in [1.807, 2.05) is 13.8 Å². The van der Waals surface area contributed by atoms with Crippen LogP contribution in [0.3, 0.4) is 0 Å². The van der Waals surface area contributed by atoms with Gasteiger partial charge in [0.2, 0.25) is 10.0 Å². The Morgan fingerprint density at radius 2 is 2.08 bits per heavy atom. The molecule has 1 aromatic heterocycles. The highest BCUT2D eigenvalue weighted by atomic mass is 35.5. The molecule has 6 nitrogen and oxygen atoms in total. The second-order valence-electron chi connectivity index (χ2n) is 6.01. The van der Waals surface area contributed by atoms with E-state index in [9.17, 15) is 13.2 Å². The average molecular weight is 404 g/mol. The first-order chi connectivity index (χ1) is 11.7. The van der Waals surface area contributed by atoms with Crippen molar-refractivity contribution in [3.8, 4) is 0 Å². The highest BCUT2D eigenvalue weighted by molar-refractivity contribution is 7.99. The number of aromatic nitrogens is 2. The van der Waals surface area contributed by atoms with Gasteiger partial charge < -0.3 is 0 Å². The molecule has 1 aromatic carbocycles. The summed E-state index contributed by atoms with van der Waals surface area (Å²) in [6.07, 6.45) is 0. The van der Waals surface area contributed by atoms with E-state index >= 15 is 0 Å². The zero-order chi connectivity index (χ0) is 18.6. The van der Waals surface area contributed by atoms with E-state index < -0.39 is 10.0 Å². The summed E-state index contributed by atoms with van der Waals surface area (Å²) in [7, 11) is -3.22. The Kier molecular flexibility index (Phi) is 6.90. The lowest BCUT2D eigenvalue weighted by molar-refractivity contribution is 0.475. The van der Waals surface area contributed by atoms with Gasteiger partial charge in [0.05, 0.1) is 16.7 Å². The molecular weight excluding hydrogens is 382 g/mol. The highest BCUT2D eigenvalue weighted by Crippen LogP contribution is 2.20. The molecule has 0 saturated heterocycles. The van der Waals surface area contributed by atoms with Gasteiger partial charge in [0.1, 0.15) is 0 Å². The van der Waals surface area contributed by atoms with Gasteiger partial charge in [-0.3, -0.25) is 9.36 Å². The van der Waals surface area contributed by atoms with Crippen LogP contribution in [-0.4, -0.2) is 36.0 Å². The summed E-state index contributed by atoms with van der Waals surface area (Å²) in [4.78, 5) is 17.4. The van der Waals surface area contributed by atoms with E-state index in [0.717, 1.165) is 0 Å². The summed E-state index contributed by atoms with van der Waals surface area (Å²) in [5.74, 6) is 0.808. The van der Waals surface area contributed by atoms with Gasteiger partial charge in [-0.05, 0) is 31.0 Å². The summed E-state index contributed by atoms with van der Waals surface area (Å²) < 4.78 is 27.1. The molecule has 0 atom stereocenters. The minimum atomic E-state index is -3.22. The van der Waals surface area contributed by atoms with Crippen molar-refractivity contribution < 1.29 is 8.42 Å². The standard InChI is InChI=1S/C16H22ClN3O3S2/c1-4-25(22,23)18-7-8-24-16-19-14-6-5-12(17)9-13(14)15(21)20(16)10-11(2)3/h5-6,9,11,18H,4,7-8,10H2,1-3H3. The van der Waals surface area contributed by atoms with Crippen LogP contribution in [0.4, 0.5) is 0 Å². The van der Waals surface area contributed by atoms with Crippen LogP contribution in [0.5, 0.6) is 0 Å².